The topological polar surface area (TPSA) is 63.3 Å². The fourth-order valence-electron chi connectivity index (χ4n) is 1.31. The summed E-state index contributed by atoms with van der Waals surface area (Å²) in [7, 11) is 0. The first-order chi connectivity index (χ1) is 7.99. The molecule has 90 valence electrons. The molecular weight excluding hydrogens is 252 g/mol. The standard InChI is InChI=1S/C10H7F2NO3S/c1-4-2-5(3-17-4)9-13-6(8(11)12)7(16-9)10(14)15/h2-3,8H,1H3,(H,14,15). The van der Waals surface area contributed by atoms with Gasteiger partial charge in [0.15, 0.2) is 5.69 Å². The fourth-order valence-corrected chi connectivity index (χ4v) is 1.99. The number of halogens is 2. The highest BCUT2D eigenvalue weighted by molar-refractivity contribution is 7.10. The molecule has 7 heteroatoms. The van der Waals surface area contributed by atoms with E-state index in [1.54, 1.807) is 11.4 Å². The predicted molar refractivity (Wildman–Crippen MR) is 56.5 cm³/mol. The highest BCUT2D eigenvalue weighted by Crippen LogP contribution is 2.30. The van der Waals surface area contributed by atoms with Crippen molar-refractivity contribution in [3.8, 4) is 11.5 Å². The smallest absolute Gasteiger partial charge is 0.374 e. The first-order valence-electron chi connectivity index (χ1n) is 4.56. The summed E-state index contributed by atoms with van der Waals surface area (Å²) in [6, 6.07) is 1.69. The number of carboxylic acids is 1. The number of thiophene rings is 1. The molecule has 2 rings (SSSR count). The van der Waals surface area contributed by atoms with E-state index in [2.05, 4.69) is 4.98 Å². The number of carbonyl (C=O) groups is 1. The minimum atomic E-state index is -2.97. The van der Waals surface area contributed by atoms with Crippen LogP contribution >= 0.6 is 11.3 Å². The van der Waals surface area contributed by atoms with Crippen molar-refractivity contribution in [2.75, 3.05) is 0 Å². The Hall–Kier alpha value is -1.76. The minimum Gasteiger partial charge on any atom is -0.475 e. The number of nitrogens with zero attached hydrogens (tertiary/aromatic N) is 1. The Kier molecular flexibility index (Phi) is 2.93. The molecule has 0 unspecified atom stereocenters. The molecule has 1 N–H and O–H groups in total. The van der Waals surface area contributed by atoms with Gasteiger partial charge in [0.05, 0.1) is 0 Å². The van der Waals surface area contributed by atoms with E-state index in [9.17, 15) is 13.6 Å². The third kappa shape index (κ3) is 2.19. The summed E-state index contributed by atoms with van der Waals surface area (Å²) in [5.41, 5.74) is -0.335. The highest BCUT2D eigenvalue weighted by atomic mass is 32.1. The van der Waals surface area contributed by atoms with Crippen molar-refractivity contribution in [2.24, 2.45) is 0 Å². The van der Waals surface area contributed by atoms with Crippen molar-refractivity contribution in [3.05, 3.63) is 27.8 Å². The Labute approximate surface area is 98.5 Å². The van der Waals surface area contributed by atoms with Crippen LogP contribution in [0.5, 0.6) is 0 Å². The van der Waals surface area contributed by atoms with Gasteiger partial charge in [0.25, 0.3) is 6.43 Å². The van der Waals surface area contributed by atoms with Crippen LogP contribution in [-0.4, -0.2) is 16.1 Å². The van der Waals surface area contributed by atoms with E-state index in [1.807, 2.05) is 6.92 Å². The van der Waals surface area contributed by atoms with Crippen molar-refractivity contribution in [3.63, 3.8) is 0 Å². The molecule has 0 bridgehead atoms. The molecule has 0 aromatic carbocycles. The Morgan fingerprint density at radius 3 is 2.71 bits per heavy atom. The summed E-state index contributed by atoms with van der Waals surface area (Å²) in [5, 5.41) is 10.4. The van der Waals surface area contributed by atoms with E-state index in [4.69, 9.17) is 9.52 Å². The second-order valence-corrected chi connectivity index (χ2v) is 4.40. The summed E-state index contributed by atoms with van der Waals surface area (Å²) in [6.07, 6.45) is -2.97. The van der Waals surface area contributed by atoms with E-state index in [1.165, 1.54) is 11.3 Å². The normalized spacial score (nSPS) is 11.1. The van der Waals surface area contributed by atoms with Crippen LogP contribution in [0.3, 0.4) is 0 Å². The van der Waals surface area contributed by atoms with E-state index in [-0.39, 0.29) is 5.89 Å². The zero-order valence-electron chi connectivity index (χ0n) is 8.61. The Bertz CT molecular complexity index is 562. The summed E-state index contributed by atoms with van der Waals surface area (Å²) in [6.45, 7) is 1.84. The van der Waals surface area contributed by atoms with Gasteiger partial charge < -0.3 is 9.52 Å². The lowest BCUT2D eigenvalue weighted by molar-refractivity contribution is 0.0647. The van der Waals surface area contributed by atoms with Crippen molar-refractivity contribution in [1.29, 1.82) is 0 Å². The lowest BCUT2D eigenvalue weighted by Crippen LogP contribution is -1.99. The van der Waals surface area contributed by atoms with Crippen LogP contribution < -0.4 is 0 Å². The zero-order valence-corrected chi connectivity index (χ0v) is 9.42. The highest BCUT2D eigenvalue weighted by Gasteiger charge is 2.26. The number of hydrogen-bond donors (Lipinski definition) is 1. The number of rotatable bonds is 3. The molecule has 0 amide bonds. The summed E-state index contributed by atoms with van der Waals surface area (Å²) >= 11 is 1.40. The Balaban J connectivity index is 2.50. The van der Waals surface area contributed by atoms with Gasteiger partial charge >= 0.3 is 5.97 Å². The molecule has 0 saturated heterocycles. The van der Waals surface area contributed by atoms with Crippen molar-refractivity contribution >= 4 is 17.3 Å². The van der Waals surface area contributed by atoms with Crippen LogP contribution in [-0.2, 0) is 0 Å². The second kappa shape index (κ2) is 4.25. The van der Waals surface area contributed by atoms with E-state index in [0.717, 1.165) is 4.88 Å². The first kappa shape index (κ1) is 11.7. The maximum atomic E-state index is 12.5. The van der Waals surface area contributed by atoms with Crippen molar-refractivity contribution in [2.45, 2.75) is 13.3 Å². The number of hydrogen-bond acceptors (Lipinski definition) is 4. The van der Waals surface area contributed by atoms with Gasteiger partial charge in [-0.3, -0.25) is 0 Å². The SMILES string of the molecule is Cc1cc(-c2nc(C(F)F)c(C(=O)O)o2)cs1. The van der Waals surface area contributed by atoms with Gasteiger partial charge in [0, 0.05) is 15.8 Å². The predicted octanol–water partition coefficient (Wildman–Crippen LogP) is 3.35. The van der Waals surface area contributed by atoms with Gasteiger partial charge in [-0.1, -0.05) is 0 Å². The molecule has 0 aliphatic rings. The van der Waals surface area contributed by atoms with Gasteiger partial charge in [-0.05, 0) is 13.0 Å². The number of aryl methyl sites for hydroxylation is 1. The number of oxazole rings is 1. The van der Waals surface area contributed by atoms with Gasteiger partial charge in [0.2, 0.25) is 11.7 Å². The first-order valence-corrected chi connectivity index (χ1v) is 5.44. The Morgan fingerprint density at radius 1 is 1.59 bits per heavy atom. The molecule has 0 aliphatic carbocycles. The largest absolute Gasteiger partial charge is 0.475 e. The summed E-state index contributed by atoms with van der Waals surface area (Å²) in [4.78, 5) is 15.2. The number of aromatic nitrogens is 1. The van der Waals surface area contributed by atoms with Crippen molar-refractivity contribution < 1.29 is 23.1 Å². The summed E-state index contributed by atoms with van der Waals surface area (Å²) < 4.78 is 29.9. The number of aromatic carboxylic acids is 1. The van der Waals surface area contributed by atoms with Crippen LogP contribution in [0.15, 0.2) is 15.9 Å². The van der Waals surface area contributed by atoms with Gasteiger partial charge in [0.1, 0.15) is 0 Å². The molecule has 0 spiro atoms. The molecule has 17 heavy (non-hydrogen) atoms. The van der Waals surface area contributed by atoms with Crippen LogP contribution in [0, 0.1) is 6.92 Å². The third-order valence-electron chi connectivity index (χ3n) is 2.03. The minimum absolute atomic E-state index is 0.0953. The molecule has 0 fully saturated rings. The summed E-state index contributed by atoms with van der Waals surface area (Å²) in [5.74, 6) is -2.45. The monoisotopic (exact) mass is 259 g/mol. The molecule has 0 aliphatic heterocycles. The molecule has 2 heterocycles. The average molecular weight is 259 g/mol. The van der Waals surface area contributed by atoms with Crippen LogP contribution in [0.2, 0.25) is 0 Å². The fraction of sp³-hybridized carbons (Fsp3) is 0.200. The van der Waals surface area contributed by atoms with Crippen molar-refractivity contribution in [1.82, 2.24) is 4.98 Å². The van der Waals surface area contributed by atoms with Gasteiger partial charge in [-0.2, -0.15) is 0 Å². The van der Waals surface area contributed by atoms with E-state index < -0.39 is 23.8 Å². The molecule has 0 saturated carbocycles. The third-order valence-corrected chi connectivity index (χ3v) is 2.89. The van der Waals surface area contributed by atoms with Gasteiger partial charge in [-0.15, -0.1) is 11.3 Å². The van der Waals surface area contributed by atoms with E-state index in [0.29, 0.717) is 5.56 Å². The zero-order chi connectivity index (χ0) is 12.6. The second-order valence-electron chi connectivity index (χ2n) is 3.29. The molecule has 2 aromatic rings. The molecule has 0 atom stereocenters. The maximum absolute atomic E-state index is 12.5. The number of carboxylic acid groups (broad SMARTS) is 1. The quantitative estimate of drug-likeness (QED) is 0.918. The lowest BCUT2D eigenvalue weighted by Gasteiger charge is -1.91. The molecule has 0 radical (unpaired) electrons. The van der Waals surface area contributed by atoms with E-state index >= 15 is 0 Å². The maximum Gasteiger partial charge on any atom is 0.374 e. The molecular formula is C10H7F2NO3S. The molecule has 2 aromatic heterocycles. The molecule has 4 nitrogen and oxygen atoms in total. The lowest BCUT2D eigenvalue weighted by atomic mass is 10.3. The average Bonchev–Trinajstić information content (AvgIpc) is 2.82. The van der Waals surface area contributed by atoms with Crippen LogP contribution in [0.1, 0.15) is 27.6 Å². The Morgan fingerprint density at radius 2 is 2.29 bits per heavy atom. The number of alkyl halides is 2. The van der Waals surface area contributed by atoms with Gasteiger partial charge in [-0.25, -0.2) is 18.6 Å². The van der Waals surface area contributed by atoms with Crippen LogP contribution in [0.4, 0.5) is 8.78 Å². The van der Waals surface area contributed by atoms with Crippen LogP contribution in [0.25, 0.3) is 11.5 Å².